The Bertz CT molecular complexity index is 662. The molecular weight excluding hydrogens is 280 g/mol. The van der Waals surface area contributed by atoms with Crippen LogP contribution in [0.25, 0.3) is 10.2 Å². The van der Waals surface area contributed by atoms with E-state index in [0.717, 1.165) is 47.5 Å². The number of aryl methyl sites for hydroxylation is 2. The Morgan fingerprint density at radius 2 is 2.10 bits per heavy atom. The molecule has 5 heteroatoms. The smallest absolute Gasteiger partial charge is 0.146 e. The highest BCUT2D eigenvalue weighted by Gasteiger charge is 2.25. The molecule has 2 N–H and O–H groups in total. The van der Waals surface area contributed by atoms with Gasteiger partial charge >= 0.3 is 0 Å². The van der Waals surface area contributed by atoms with E-state index in [2.05, 4.69) is 37.6 Å². The average Bonchev–Trinajstić information content (AvgIpc) is 2.96. The lowest BCUT2D eigenvalue weighted by Crippen LogP contribution is -2.23. The standard InChI is InChI=1S/C16H24N4S/c1-9(2)12-5-6-20(7-12)8-13-18-15(17)14-10(3)11(4)21-16(14)19-13/h9,12H,5-8H2,1-4H3,(H2,17,18,19). The summed E-state index contributed by atoms with van der Waals surface area (Å²) in [7, 11) is 0. The Kier molecular flexibility index (Phi) is 3.88. The van der Waals surface area contributed by atoms with Crippen LogP contribution in [0.1, 0.15) is 36.5 Å². The van der Waals surface area contributed by atoms with Crippen LogP contribution < -0.4 is 5.73 Å². The fourth-order valence-corrected chi connectivity index (χ4v) is 4.20. The Balaban J connectivity index is 1.82. The van der Waals surface area contributed by atoms with Gasteiger partial charge in [0, 0.05) is 11.4 Å². The van der Waals surface area contributed by atoms with E-state index in [4.69, 9.17) is 10.7 Å². The van der Waals surface area contributed by atoms with Gasteiger partial charge in [-0.2, -0.15) is 0 Å². The van der Waals surface area contributed by atoms with Gasteiger partial charge in [-0.05, 0) is 44.2 Å². The van der Waals surface area contributed by atoms with Crippen LogP contribution in [0.5, 0.6) is 0 Å². The average molecular weight is 304 g/mol. The highest BCUT2D eigenvalue weighted by molar-refractivity contribution is 7.18. The minimum atomic E-state index is 0.636. The summed E-state index contributed by atoms with van der Waals surface area (Å²) in [5, 5.41) is 1.04. The maximum Gasteiger partial charge on any atom is 0.146 e. The third-order valence-electron chi connectivity index (χ3n) is 4.72. The molecule has 1 fully saturated rings. The third-order valence-corrected chi connectivity index (χ3v) is 5.82. The maximum absolute atomic E-state index is 6.16. The molecular formula is C16H24N4S. The van der Waals surface area contributed by atoms with Crippen molar-refractivity contribution in [3.63, 3.8) is 0 Å². The van der Waals surface area contributed by atoms with Crippen LogP contribution in [0.3, 0.4) is 0 Å². The number of hydrogen-bond acceptors (Lipinski definition) is 5. The number of hydrogen-bond donors (Lipinski definition) is 1. The number of nitrogens with zero attached hydrogens (tertiary/aromatic N) is 3. The normalized spacial score (nSPS) is 20.0. The highest BCUT2D eigenvalue weighted by atomic mass is 32.1. The van der Waals surface area contributed by atoms with Crippen LogP contribution in [0.4, 0.5) is 5.82 Å². The molecule has 21 heavy (non-hydrogen) atoms. The molecule has 0 bridgehead atoms. The SMILES string of the molecule is Cc1sc2nc(CN3CCC(C(C)C)C3)nc(N)c2c1C. The fraction of sp³-hybridized carbons (Fsp3) is 0.625. The minimum Gasteiger partial charge on any atom is -0.383 e. The Labute approximate surface area is 130 Å². The van der Waals surface area contributed by atoms with Crippen molar-refractivity contribution in [3.8, 4) is 0 Å². The molecule has 2 aromatic rings. The second kappa shape index (κ2) is 5.54. The fourth-order valence-electron chi connectivity index (χ4n) is 3.15. The molecule has 3 rings (SSSR count). The number of anilines is 1. The number of nitrogens with two attached hydrogens (primary N) is 1. The summed E-state index contributed by atoms with van der Waals surface area (Å²) >= 11 is 1.72. The molecule has 0 saturated carbocycles. The van der Waals surface area contributed by atoms with Gasteiger partial charge in [-0.1, -0.05) is 13.8 Å². The zero-order valence-electron chi connectivity index (χ0n) is 13.3. The van der Waals surface area contributed by atoms with E-state index in [0.29, 0.717) is 5.82 Å². The lowest BCUT2D eigenvalue weighted by Gasteiger charge is -2.17. The van der Waals surface area contributed by atoms with Gasteiger partial charge in [-0.3, -0.25) is 4.90 Å². The Morgan fingerprint density at radius 3 is 2.76 bits per heavy atom. The van der Waals surface area contributed by atoms with Gasteiger partial charge < -0.3 is 5.73 Å². The van der Waals surface area contributed by atoms with E-state index in [9.17, 15) is 0 Å². The maximum atomic E-state index is 6.16. The summed E-state index contributed by atoms with van der Waals surface area (Å²) in [5.74, 6) is 3.06. The summed E-state index contributed by atoms with van der Waals surface area (Å²) in [6.07, 6.45) is 1.28. The van der Waals surface area contributed by atoms with Crippen LogP contribution >= 0.6 is 11.3 Å². The first-order valence-electron chi connectivity index (χ1n) is 7.70. The summed E-state index contributed by atoms with van der Waals surface area (Å²) in [6, 6.07) is 0. The Hall–Kier alpha value is -1.20. The number of nitrogen functional groups attached to an aromatic ring is 1. The molecule has 3 heterocycles. The van der Waals surface area contributed by atoms with Crippen molar-refractivity contribution in [1.82, 2.24) is 14.9 Å². The van der Waals surface area contributed by atoms with Gasteiger partial charge in [0.1, 0.15) is 16.5 Å². The number of aromatic nitrogens is 2. The third kappa shape index (κ3) is 2.77. The first kappa shape index (κ1) is 14.7. The molecule has 0 amide bonds. The van der Waals surface area contributed by atoms with Crippen molar-refractivity contribution >= 4 is 27.4 Å². The molecule has 2 aromatic heterocycles. The zero-order valence-corrected chi connectivity index (χ0v) is 14.1. The molecule has 1 saturated heterocycles. The number of likely N-dealkylation sites (tertiary alicyclic amines) is 1. The summed E-state index contributed by atoms with van der Waals surface area (Å²) in [5.41, 5.74) is 7.38. The van der Waals surface area contributed by atoms with Crippen molar-refractivity contribution in [1.29, 1.82) is 0 Å². The van der Waals surface area contributed by atoms with Crippen molar-refractivity contribution in [2.24, 2.45) is 11.8 Å². The molecule has 1 aliphatic rings. The van der Waals surface area contributed by atoms with Gasteiger partial charge in [0.15, 0.2) is 0 Å². The second-order valence-corrected chi connectivity index (χ2v) is 7.72. The molecule has 1 atom stereocenters. The van der Waals surface area contributed by atoms with Crippen molar-refractivity contribution in [3.05, 3.63) is 16.3 Å². The van der Waals surface area contributed by atoms with Crippen LogP contribution in [0.2, 0.25) is 0 Å². The quantitative estimate of drug-likeness (QED) is 0.944. The number of fused-ring (bicyclic) bond motifs is 1. The largest absolute Gasteiger partial charge is 0.383 e. The first-order valence-corrected chi connectivity index (χ1v) is 8.51. The van der Waals surface area contributed by atoms with Gasteiger partial charge in [-0.25, -0.2) is 9.97 Å². The molecule has 1 unspecified atom stereocenters. The van der Waals surface area contributed by atoms with Gasteiger partial charge in [-0.15, -0.1) is 11.3 Å². The highest BCUT2D eigenvalue weighted by Crippen LogP contribution is 2.32. The van der Waals surface area contributed by atoms with E-state index in [1.807, 2.05) is 0 Å². The van der Waals surface area contributed by atoms with Gasteiger partial charge in [0.05, 0.1) is 11.9 Å². The van der Waals surface area contributed by atoms with Crippen LogP contribution in [-0.4, -0.2) is 28.0 Å². The van der Waals surface area contributed by atoms with Crippen LogP contribution in [0, 0.1) is 25.7 Å². The number of thiophene rings is 1. The lowest BCUT2D eigenvalue weighted by molar-refractivity contribution is 0.291. The van der Waals surface area contributed by atoms with Gasteiger partial charge in [0.2, 0.25) is 0 Å². The molecule has 114 valence electrons. The topological polar surface area (TPSA) is 55.0 Å². The van der Waals surface area contributed by atoms with E-state index in [1.54, 1.807) is 11.3 Å². The molecule has 0 spiro atoms. The summed E-state index contributed by atoms with van der Waals surface area (Å²) < 4.78 is 0. The molecule has 0 radical (unpaired) electrons. The predicted molar refractivity (Wildman–Crippen MR) is 89.5 cm³/mol. The van der Waals surface area contributed by atoms with Crippen molar-refractivity contribution < 1.29 is 0 Å². The summed E-state index contributed by atoms with van der Waals surface area (Å²) in [6.45, 7) is 12.0. The van der Waals surface area contributed by atoms with Crippen molar-refractivity contribution in [2.75, 3.05) is 18.8 Å². The van der Waals surface area contributed by atoms with E-state index in [-0.39, 0.29) is 0 Å². The van der Waals surface area contributed by atoms with Crippen LogP contribution in [-0.2, 0) is 6.54 Å². The molecule has 4 nitrogen and oxygen atoms in total. The first-order chi connectivity index (χ1) is 9.95. The van der Waals surface area contributed by atoms with E-state index in [1.165, 1.54) is 16.9 Å². The van der Waals surface area contributed by atoms with Crippen LogP contribution in [0.15, 0.2) is 0 Å². The second-order valence-electron chi connectivity index (χ2n) is 6.52. The lowest BCUT2D eigenvalue weighted by atomic mass is 9.95. The molecule has 1 aliphatic heterocycles. The predicted octanol–water partition coefficient (Wildman–Crippen LogP) is 3.37. The van der Waals surface area contributed by atoms with E-state index >= 15 is 0 Å². The zero-order chi connectivity index (χ0) is 15.1. The summed E-state index contributed by atoms with van der Waals surface area (Å²) in [4.78, 5) is 14.1. The minimum absolute atomic E-state index is 0.636. The molecule has 0 aromatic carbocycles. The Morgan fingerprint density at radius 1 is 1.33 bits per heavy atom. The molecule has 0 aliphatic carbocycles. The number of rotatable bonds is 3. The van der Waals surface area contributed by atoms with Gasteiger partial charge in [0.25, 0.3) is 0 Å². The van der Waals surface area contributed by atoms with Crippen molar-refractivity contribution in [2.45, 2.75) is 40.7 Å². The monoisotopic (exact) mass is 304 g/mol. The van der Waals surface area contributed by atoms with E-state index < -0.39 is 0 Å².